The van der Waals surface area contributed by atoms with Crippen molar-refractivity contribution in [2.45, 2.75) is 18.9 Å². The van der Waals surface area contributed by atoms with E-state index in [2.05, 4.69) is 15.3 Å². The number of H-pyrrole nitrogens is 1. The molecule has 1 aliphatic rings. The minimum Gasteiger partial charge on any atom is -0.481 e. The molecule has 1 unspecified atom stereocenters. The van der Waals surface area contributed by atoms with Crippen LogP contribution in [-0.2, 0) is 4.79 Å². The molecular formula is C22H29N5O3. The van der Waals surface area contributed by atoms with Gasteiger partial charge in [0.1, 0.15) is 5.69 Å². The van der Waals surface area contributed by atoms with E-state index in [9.17, 15) is 9.59 Å². The third kappa shape index (κ3) is 5.70. The molecule has 30 heavy (non-hydrogen) atoms. The van der Waals surface area contributed by atoms with Crippen LogP contribution in [0.3, 0.4) is 0 Å². The Morgan fingerprint density at radius 2 is 2.23 bits per heavy atom. The molecule has 1 aliphatic heterocycles. The summed E-state index contributed by atoms with van der Waals surface area (Å²) in [6.07, 6.45) is 8.64. The minimum absolute atomic E-state index is 0.00916. The number of piperidine rings is 1. The number of ether oxygens (including phenoxy) is 1. The largest absolute Gasteiger partial charge is 0.481 e. The molecule has 0 aromatic carbocycles. The Kier molecular flexibility index (Phi) is 7.24. The van der Waals surface area contributed by atoms with Crippen molar-refractivity contribution in [3.63, 3.8) is 0 Å². The molecule has 2 N–H and O–H groups in total. The lowest BCUT2D eigenvalue weighted by atomic mass is 10.0. The molecule has 1 saturated heterocycles. The van der Waals surface area contributed by atoms with Gasteiger partial charge in [-0.25, -0.2) is 4.98 Å². The summed E-state index contributed by atoms with van der Waals surface area (Å²) in [6, 6.07) is 5.53. The maximum Gasteiger partial charge on any atom is 0.271 e. The molecule has 0 aliphatic carbocycles. The van der Waals surface area contributed by atoms with Gasteiger partial charge < -0.3 is 24.8 Å². The molecule has 2 aromatic rings. The summed E-state index contributed by atoms with van der Waals surface area (Å²) in [4.78, 5) is 35.6. The normalized spacial score (nSPS) is 16.8. The number of anilines is 1. The second kappa shape index (κ2) is 10.1. The molecule has 1 fully saturated rings. The van der Waals surface area contributed by atoms with Crippen molar-refractivity contribution in [3.8, 4) is 17.0 Å². The van der Waals surface area contributed by atoms with Crippen molar-refractivity contribution in [2.24, 2.45) is 0 Å². The fourth-order valence-corrected chi connectivity index (χ4v) is 3.44. The van der Waals surface area contributed by atoms with Gasteiger partial charge >= 0.3 is 0 Å². The van der Waals surface area contributed by atoms with Crippen molar-refractivity contribution in [1.82, 2.24) is 19.8 Å². The Morgan fingerprint density at radius 1 is 1.40 bits per heavy atom. The van der Waals surface area contributed by atoms with Crippen LogP contribution in [0, 0.1) is 0 Å². The standard InChI is InChI=1S/C22H29N5O3/c1-26(2)10-5-7-21(28)27-11-4-6-18(15-27)25-19-12-17(14-24-22(19)29)16-8-9-23-20(13-16)30-3/h5,7-9,12-14,18,25H,4,6,10-11,15H2,1-3H3,(H,24,29)/b7-5+. The predicted molar refractivity (Wildman–Crippen MR) is 118 cm³/mol. The third-order valence-electron chi connectivity index (χ3n) is 5.00. The van der Waals surface area contributed by atoms with E-state index < -0.39 is 0 Å². The van der Waals surface area contributed by atoms with Crippen molar-refractivity contribution in [2.75, 3.05) is 46.2 Å². The van der Waals surface area contributed by atoms with Gasteiger partial charge in [0.2, 0.25) is 11.8 Å². The number of likely N-dealkylation sites (N-methyl/N-ethyl adjacent to an activating group) is 1. The highest BCUT2D eigenvalue weighted by Crippen LogP contribution is 2.23. The van der Waals surface area contributed by atoms with Crippen molar-refractivity contribution < 1.29 is 9.53 Å². The fraction of sp³-hybridized carbons (Fsp3) is 0.409. The number of amides is 1. The second-order valence-electron chi connectivity index (χ2n) is 7.65. The molecular weight excluding hydrogens is 382 g/mol. The lowest BCUT2D eigenvalue weighted by molar-refractivity contribution is -0.127. The zero-order valence-electron chi connectivity index (χ0n) is 17.7. The van der Waals surface area contributed by atoms with E-state index in [0.717, 1.165) is 37.1 Å². The van der Waals surface area contributed by atoms with Gasteiger partial charge in [-0.3, -0.25) is 9.59 Å². The Balaban J connectivity index is 1.70. The number of methoxy groups -OCH3 is 1. The molecule has 8 heteroatoms. The molecule has 160 valence electrons. The quantitative estimate of drug-likeness (QED) is 0.677. The summed E-state index contributed by atoms with van der Waals surface area (Å²) in [5, 5.41) is 3.33. The van der Waals surface area contributed by atoms with E-state index >= 15 is 0 Å². The first-order chi connectivity index (χ1) is 14.5. The van der Waals surface area contributed by atoms with Gasteiger partial charge in [-0.1, -0.05) is 6.08 Å². The fourth-order valence-electron chi connectivity index (χ4n) is 3.44. The average molecular weight is 412 g/mol. The lowest BCUT2D eigenvalue weighted by Crippen LogP contribution is -2.45. The minimum atomic E-state index is -0.186. The summed E-state index contributed by atoms with van der Waals surface area (Å²) in [5.41, 5.74) is 2.06. The van der Waals surface area contributed by atoms with E-state index in [1.54, 1.807) is 25.6 Å². The van der Waals surface area contributed by atoms with Crippen molar-refractivity contribution >= 4 is 11.6 Å². The molecule has 3 rings (SSSR count). The number of aromatic amines is 1. The van der Waals surface area contributed by atoms with Crippen LogP contribution in [-0.4, -0.2) is 72.6 Å². The highest BCUT2D eigenvalue weighted by molar-refractivity contribution is 5.87. The van der Waals surface area contributed by atoms with Crippen LogP contribution in [0.25, 0.3) is 11.1 Å². The maximum absolute atomic E-state index is 12.5. The lowest BCUT2D eigenvalue weighted by Gasteiger charge is -2.33. The number of pyridine rings is 2. The number of likely N-dealkylation sites (tertiary alicyclic amines) is 1. The first-order valence-corrected chi connectivity index (χ1v) is 10.1. The zero-order chi connectivity index (χ0) is 21.5. The van der Waals surface area contributed by atoms with Crippen LogP contribution >= 0.6 is 0 Å². The first kappa shape index (κ1) is 21.6. The van der Waals surface area contributed by atoms with Crippen LogP contribution in [0.1, 0.15) is 12.8 Å². The monoisotopic (exact) mass is 411 g/mol. The number of carbonyl (C=O) groups excluding carboxylic acids is 1. The highest BCUT2D eigenvalue weighted by atomic mass is 16.5. The second-order valence-corrected chi connectivity index (χ2v) is 7.65. The zero-order valence-corrected chi connectivity index (χ0v) is 17.7. The number of nitrogens with one attached hydrogen (secondary N) is 2. The number of aromatic nitrogens is 2. The predicted octanol–water partition coefficient (Wildman–Crippen LogP) is 1.97. The van der Waals surface area contributed by atoms with Crippen LogP contribution in [0.2, 0.25) is 0 Å². The maximum atomic E-state index is 12.5. The summed E-state index contributed by atoms with van der Waals surface area (Å²) in [5.74, 6) is 0.520. The Labute approximate surface area is 176 Å². The Bertz CT molecular complexity index is 954. The topological polar surface area (TPSA) is 90.6 Å². The van der Waals surface area contributed by atoms with Crippen LogP contribution < -0.4 is 15.6 Å². The van der Waals surface area contributed by atoms with Crippen molar-refractivity contribution in [1.29, 1.82) is 0 Å². The summed E-state index contributed by atoms with van der Waals surface area (Å²) in [6.45, 7) is 2.03. The number of hydrogen-bond donors (Lipinski definition) is 2. The highest BCUT2D eigenvalue weighted by Gasteiger charge is 2.23. The van der Waals surface area contributed by atoms with Gasteiger partial charge in [0.15, 0.2) is 0 Å². The summed E-state index contributed by atoms with van der Waals surface area (Å²) >= 11 is 0. The van der Waals surface area contributed by atoms with Gasteiger partial charge in [0.25, 0.3) is 5.56 Å². The SMILES string of the molecule is COc1cc(-c2c[nH]c(=O)c(NC3CCCN(C(=O)/C=C/CN(C)C)C3)c2)ccn1. The summed E-state index contributed by atoms with van der Waals surface area (Å²) in [7, 11) is 5.49. The molecule has 8 nitrogen and oxygen atoms in total. The summed E-state index contributed by atoms with van der Waals surface area (Å²) < 4.78 is 5.18. The van der Waals surface area contributed by atoms with Crippen molar-refractivity contribution in [3.05, 3.63) is 53.1 Å². The molecule has 0 saturated carbocycles. The van der Waals surface area contributed by atoms with E-state index in [1.807, 2.05) is 48.2 Å². The van der Waals surface area contributed by atoms with Crippen LogP contribution in [0.4, 0.5) is 5.69 Å². The molecule has 0 radical (unpaired) electrons. The number of rotatable bonds is 7. The molecule has 2 aromatic heterocycles. The van der Waals surface area contributed by atoms with Crippen LogP contribution in [0.15, 0.2) is 47.5 Å². The smallest absolute Gasteiger partial charge is 0.271 e. The van der Waals surface area contributed by atoms with Gasteiger partial charge in [0.05, 0.1) is 7.11 Å². The average Bonchev–Trinajstić information content (AvgIpc) is 2.75. The Hall–Kier alpha value is -3.13. The van der Waals surface area contributed by atoms with Gasteiger partial charge in [-0.2, -0.15) is 0 Å². The number of carbonyl (C=O) groups is 1. The Morgan fingerprint density at radius 3 is 3.00 bits per heavy atom. The molecule has 1 atom stereocenters. The molecule has 0 bridgehead atoms. The third-order valence-corrected chi connectivity index (χ3v) is 5.00. The van der Waals surface area contributed by atoms with Gasteiger partial charge in [0, 0.05) is 55.8 Å². The molecule has 0 spiro atoms. The van der Waals surface area contributed by atoms with Crippen LogP contribution in [0.5, 0.6) is 5.88 Å². The van der Waals surface area contributed by atoms with Gasteiger partial charge in [-0.05, 0) is 44.6 Å². The first-order valence-electron chi connectivity index (χ1n) is 10.1. The van der Waals surface area contributed by atoms with E-state index in [0.29, 0.717) is 18.1 Å². The van der Waals surface area contributed by atoms with E-state index in [1.165, 1.54) is 0 Å². The number of hydrogen-bond acceptors (Lipinski definition) is 6. The van der Waals surface area contributed by atoms with E-state index in [4.69, 9.17) is 4.74 Å². The number of nitrogens with zero attached hydrogens (tertiary/aromatic N) is 3. The van der Waals surface area contributed by atoms with E-state index in [-0.39, 0.29) is 17.5 Å². The molecule has 1 amide bonds. The molecule has 3 heterocycles. The van der Waals surface area contributed by atoms with Gasteiger partial charge in [-0.15, -0.1) is 0 Å².